The highest BCUT2D eigenvalue weighted by molar-refractivity contribution is 5.74. The minimum absolute atomic E-state index is 0.0454. The maximum Gasteiger partial charge on any atom is 0.335 e. The quantitative estimate of drug-likeness (QED) is 0.0228. The zero-order valence-corrected chi connectivity index (χ0v) is 45.9. The lowest BCUT2D eigenvalue weighted by molar-refractivity contribution is -0.301. The molecule has 1 saturated heterocycles. The minimum atomic E-state index is -1.91. The van der Waals surface area contributed by atoms with Crippen LogP contribution in [0.25, 0.3) is 0 Å². The van der Waals surface area contributed by atoms with E-state index in [0.717, 1.165) is 128 Å². The second-order valence-corrected chi connectivity index (χ2v) is 19.5. The van der Waals surface area contributed by atoms with E-state index in [2.05, 4.69) is 93.7 Å². The van der Waals surface area contributed by atoms with E-state index in [9.17, 15) is 34.5 Å². The number of hydrogen-bond donors (Lipinski definition) is 3. The van der Waals surface area contributed by atoms with Gasteiger partial charge in [-0.05, 0) is 109 Å². The molecule has 1 rings (SSSR count). The predicted molar refractivity (Wildman–Crippen MR) is 294 cm³/mol. The largest absolute Gasteiger partial charge is 0.479 e. The second-order valence-electron chi connectivity index (χ2n) is 19.5. The molecular weight excluding hydrogens is 925 g/mol. The summed E-state index contributed by atoms with van der Waals surface area (Å²) >= 11 is 0. The fourth-order valence-corrected chi connectivity index (χ4v) is 8.29. The van der Waals surface area contributed by atoms with Crippen molar-refractivity contribution >= 4 is 23.9 Å². The molecule has 1 heterocycles. The highest BCUT2D eigenvalue weighted by atomic mass is 16.7. The van der Waals surface area contributed by atoms with Crippen molar-refractivity contribution in [1.29, 1.82) is 0 Å². The number of esters is 3. The molecule has 0 saturated carbocycles. The first-order valence-electron chi connectivity index (χ1n) is 28.9. The molecule has 0 spiro atoms. The third kappa shape index (κ3) is 39.3. The lowest BCUT2D eigenvalue weighted by Gasteiger charge is -2.40. The van der Waals surface area contributed by atoms with Crippen LogP contribution >= 0.6 is 0 Å². The fourth-order valence-electron chi connectivity index (χ4n) is 8.29. The molecule has 6 atom stereocenters. The summed E-state index contributed by atoms with van der Waals surface area (Å²) in [4.78, 5) is 51.0. The van der Waals surface area contributed by atoms with Crippen LogP contribution in [0.3, 0.4) is 0 Å². The average molecular weight is 1030 g/mol. The topological polar surface area (TPSA) is 175 Å². The number of hydrogen-bond acceptors (Lipinski definition) is 11. The van der Waals surface area contributed by atoms with Crippen molar-refractivity contribution in [1.82, 2.24) is 0 Å². The maximum absolute atomic E-state index is 13.1. The molecule has 12 nitrogen and oxygen atoms in total. The first-order valence-corrected chi connectivity index (χ1v) is 28.9. The number of carboxylic acid groups (broad SMARTS) is 1. The number of aliphatic hydroxyl groups excluding tert-OH is 2. The van der Waals surface area contributed by atoms with Gasteiger partial charge in [-0.25, -0.2) is 4.79 Å². The number of ether oxygens (including phenoxy) is 5. The number of carbonyl (C=O) groups excluding carboxylic acids is 3. The Kier molecular flexibility index (Phi) is 45.1. The summed E-state index contributed by atoms with van der Waals surface area (Å²) in [6, 6.07) is 0. The molecule has 0 bridgehead atoms. The summed E-state index contributed by atoms with van der Waals surface area (Å²) in [7, 11) is 0. The van der Waals surface area contributed by atoms with Crippen molar-refractivity contribution in [2.24, 2.45) is 0 Å². The van der Waals surface area contributed by atoms with Crippen LogP contribution in [0.5, 0.6) is 0 Å². The van der Waals surface area contributed by atoms with Crippen LogP contribution in [0.15, 0.2) is 72.9 Å². The highest BCUT2D eigenvalue weighted by Crippen LogP contribution is 2.26. The Morgan fingerprint density at radius 1 is 0.466 bits per heavy atom. The maximum atomic E-state index is 13.1. The van der Waals surface area contributed by atoms with E-state index in [0.29, 0.717) is 19.3 Å². The van der Waals surface area contributed by atoms with E-state index in [-0.39, 0.29) is 25.9 Å². The summed E-state index contributed by atoms with van der Waals surface area (Å²) in [5.41, 5.74) is 0. The summed E-state index contributed by atoms with van der Waals surface area (Å²) < 4.78 is 28.4. The average Bonchev–Trinajstić information content (AvgIpc) is 3.37. The van der Waals surface area contributed by atoms with E-state index >= 15 is 0 Å². The number of carbonyl (C=O) groups is 4. The first-order chi connectivity index (χ1) is 35.6. The summed E-state index contributed by atoms with van der Waals surface area (Å²) in [6.07, 6.45) is 48.7. The van der Waals surface area contributed by atoms with Gasteiger partial charge < -0.3 is 39.0 Å². The molecule has 418 valence electrons. The zero-order valence-electron chi connectivity index (χ0n) is 45.9. The smallest absolute Gasteiger partial charge is 0.335 e. The summed E-state index contributed by atoms with van der Waals surface area (Å²) in [6.45, 7) is 5.81. The minimum Gasteiger partial charge on any atom is -0.479 e. The third-order valence-electron chi connectivity index (χ3n) is 12.7. The van der Waals surface area contributed by atoms with Crippen LogP contribution in [0, 0.1) is 0 Å². The van der Waals surface area contributed by atoms with Crippen LogP contribution in [-0.2, 0) is 42.9 Å². The van der Waals surface area contributed by atoms with Gasteiger partial charge in [-0.3, -0.25) is 14.4 Å². The van der Waals surface area contributed by atoms with Gasteiger partial charge in [0.2, 0.25) is 0 Å². The molecule has 0 aromatic rings. The van der Waals surface area contributed by atoms with Gasteiger partial charge in [0.1, 0.15) is 18.8 Å². The van der Waals surface area contributed by atoms with Gasteiger partial charge in [-0.15, -0.1) is 0 Å². The first kappa shape index (κ1) is 67.2. The second kappa shape index (κ2) is 49.1. The van der Waals surface area contributed by atoms with E-state index in [1.165, 1.54) is 51.4 Å². The Hall–Kier alpha value is -3.84. The van der Waals surface area contributed by atoms with Gasteiger partial charge in [0.05, 0.1) is 6.61 Å². The van der Waals surface area contributed by atoms with Crippen LogP contribution in [-0.4, -0.2) is 89.2 Å². The van der Waals surface area contributed by atoms with Crippen molar-refractivity contribution < 1.29 is 58.2 Å². The summed E-state index contributed by atoms with van der Waals surface area (Å²) in [5.74, 6) is -3.17. The van der Waals surface area contributed by atoms with Crippen molar-refractivity contribution in [3.05, 3.63) is 72.9 Å². The number of unbranched alkanes of at least 4 members (excludes halogenated alkanes) is 22. The Labute approximate surface area is 442 Å². The summed E-state index contributed by atoms with van der Waals surface area (Å²) in [5, 5.41) is 31.4. The molecule has 3 N–H and O–H groups in total. The van der Waals surface area contributed by atoms with Gasteiger partial charge in [0.15, 0.2) is 24.6 Å². The Morgan fingerprint density at radius 2 is 0.863 bits per heavy atom. The lowest BCUT2D eigenvalue weighted by Crippen LogP contribution is -2.61. The monoisotopic (exact) mass is 1030 g/mol. The molecular formula is C61H102O12. The molecule has 0 radical (unpaired) electrons. The molecule has 0 aromatic carbocycles. The van der Waals surface area contributed by atoms with Crippen LogP contribution in [0.2, 0.25) is 0 Å². The highest BCUT2D eigenvalue weighted by Gasteiger charge is 2.50. The molecule has 1 fully saturated rings. The van der Waals surface area contributed by atoms with Gasteiger partial charge in [-0.2, -0.15) is 0 Å². The number of rotatable bonds is 48. The van der Waals surface area contributed by atoms with E-state index in [1.807, 2.05) is 0 Å². The van der Waals surface area contributed by atoms with E-state index in [4.69, 9.17) is 23.7 Å². The van der Waals surface area contributed by atoms with Crippen molar-refractivity contribution in [2.45, 2.75) is 276 Å². The third-order valence-corrected chi connectivity index (χ3v) is 12.7. The Morgan fingerprint density at radius 3 is 1.33 bits per heavy atom. The van der Waals surface area contributed by atoms with Gasteiger partial charge in [-0.1, -0.05) is 184 Å². The number of aliphatic carboxylic acids is 1. The number of carboxylic acids is 1. The lowest BCUT2D eigenvalue weighted by atomic mass is 9.98. The van der Waals surface area contributed by atoms with Crippen molar-refractivity contribution in [2.75, 3.05) is 13.2 Å². The predicted octanol–water partition coefficient (Wildman–Crippen LogP) is 14.6. The Balaban J connectivity index is 2.73. The fraction of sp³-hybridized carbons (Fsp3) is 0.738. The molecule has 12 heteroatoms. The van der Waals surface area contributed by atoms with Crippen molar-refractivity contribution in [3.8, 4) is 0 Å². The van der Waals surface area contributed by atoms with E-state index in [1.54, 1.807) is 0 Å². The molecule has 6 unspecified atom stereocenters. The van der Waals surface area contributed by atoms with Crippen LogP contribution < -0.4 is 0 Å². The number of allylic oxidation sites excluding steroid dienone is 12. The molecule has 1 aliphatic rings. The van der Waals surface area contributed by atoms with Gasteiger partial charge >= 0.3 is 23.9 Å². The van der Waals surface area contributed by atoms with Crippen molar-refractivity contribution in [3.63, 3.8) is 0 Å². The van der Waals surface area contributed by atoms with Gasteiger partial charge in [0.25, 0.3) is 0 Å². The molecule has 0 amide bonds. The van der Waals surface area contributed by atoms with Gasteiger partial charge in [0, 0.05) is 19.3 Å². The van der Waals surface area contributed by atoms with Crippen LogP contribution in [0.4, 0.5) is 0 Å². The normalized spacial score (nSPS) is 18.8. The molecule has 0 aliphatic carbocycles. The van der Waals surface area contributed by atoms with E-state index < -0.39 is 67.3 Å². The molecule has 0 aromatic heterocycles. The molecule has 73 heavy (non-hydrogen) atoms. The van der Waals surface area contributed by atoms with Crippen LogP contribution in [0.1, 0.15) is 239 Å². The Bertz CT molecular complexity index is 1550. The SMILES string of the molecule is CC/C=C\C/C=C\C/C=C\C/C=C\CCCCCCC(=O)OCC(COC1OC(C(=O)O)C(O)C(O)C1OC(=O)CCCCCCC/C=C\CCCCCC)OC(=O)CCCCCCC/C=C\CCCCCC. The molecule has 1 aliphatic heterocycles. The number of aliphatic hydroxyl groups is 2. The standard InChI is InChI=1S/C61H102O12/c1-4-7-10-13-16-19-22-25-26-27-28-31-32-35-38-41-44-47-53(62)69-50-52(71-54(63)48-45-42-39-36-33-29-23-20-17-14-11-8-5-2)51-70-61-59(57(66)56(65)58(73-61)60(67)68)72-55(64)49-46-43-40-37-34-30-24-21-18-15-12-9-6-3/h7,10,16,19-21,23-26,28,31,52,56-59,61,65-66H,4-6,8-9,11-15,17-18,22,27,29-30,32-51H2,1-3H3,(H,67,68)/b10-7-,19-16-,23-20-,24-21-,26-25-,31-28-. The zero-order chi connectivity index (χ0) is 53.3.